The van der Waals surface area contributed by atoms with E-state index in [1.807, 2.05) is 30.3 Å². The van der Waals surface area contributed by atoms with E-state index in [0.29, 0.717) is 17.0 Å². The highest BCUT2D eigenvalue weighted by atomic mass is 35.5. The highest BCUT2D eigenvalue weighted by Gasteiger charge is 2.56. The molecule has 2 fully saturated rings. The van der Waals surface area contributed by atoms with E-state index in [9.17, 15) is 9.36 Å². The van der Waals surface area contributed by atoms with Gasteiger partial charge in [0.1, 0.15) is 24.6 Å². The van der Waals surface area contributed by atoms with Crippen LogP contribution in [0.5, 0.6) is 0 Å². The molecule has 5 heterocycles. The van der Waals surface area contributed by atoms with Gasteiger partial charge in [0.05, 0.1) is 26.1 Å². The average Bonchev–Trinajstić information content (AvgIpc) is 3.77. The normalized spacial score (nSPS) is 24.7. The highest BCUT2D eigenvalue weighted by molar-refractivity contribution is 7.59. The van der Waals surface area contributed by atoms with Crippen LogP contribution in [-0.2, 0) is 44.2 Å². The monoisotopic (exact) mass is 646 g/mol. The molecule has 234 valence electrons. The first-order valence-corrected chi connectivity index (χ1v) is 16.5. The van der Waals surface area contributed by atoms with Gasteiger partial charge in [-0.15, -0.1) is 0 Å². The molecule has 0 spiro atoms. The molecule has 2 saturated heterocycles. The van der Waals surface area contributed by atoms with Gasteiger partial charge in [0.25, 0.3) is 0 Å². The van der Waals surface area contributed by atoms with Crippen molar-refractivity contribution in [3.8, 4) is 5.82 Å². The molecule has 6 rings (SSSR count). The van der Waals surface area contributed by atoms with Crippen LogP contribution < -0.4 is 0 Å². The topological polar surface area (TPSA) is 151 Å². The predicted octanol–water partition coefficient (Wildman–Crippen LogP) is 4.11. The summed E-state index contributed by atoms with van der Waals surface area (Å²) >= 11 is 6.31. The smallest absolute Gasteiger partial charge is 0.345 e. The van der Waals surface area contributed by atoms with E-state index in [1.165, 1.54) is 6.66 Å². The fourth-order valence-electron chi connectivity index (χ4n) is 5.28. The summed E-state index contributed by atoms with van der Waals surface area (Å²) in [4.78, 5) is 30.3. The number of aromatic nitrogens is 6. The van der Waals surface area contributed by atoms with Gasteiger partial charge in [-0.05, 0) is 37.9 Å². The van der Waals surface area contributed by atoms with E-state index >= 15 is 0 Å². The number of hydrogen-bond donors (Lipinski definition) is 0. The zero-order valence-corrected chi connectivity index (χ0v) is 26.1. The number of ether oxygens (including phenoxy) is 5. The van der Waals surface area contributed by atoms with Crippen molar-refractivity contribution >= 4 is 36.1 Å². The molecule has 44 heavy (non-hydrogen) atoms. The molecule has 0 aliphatic carbocycles. The minimum atomic E-state index is -3.67. The first-order valence-electron chi connectivity index (χ1n) is 14.0. The second kappa shape index (κ2) is 12.3. The molecule has 0 radical (unpaired) electrons. The van der Waals surface area contributed by atoms with Crippen LogP contribution in [-0.4, -0.2) is 84.9 Å². The second-order valence-electron chi connectivity index (χ2n) is 10.8. The molecule has 3 aromatic heterocycles. The Labute approximate surface area is 258 Å². The number of benzene rings is 1. The third kappa shape index (κ3) is 6.16. The van der Waals surface area contributed by atoms with Crippen LogP contribution in [0.3, 0.4) is 0 Å². The minimum Gasteiger partial charge on any atom is -0.464 e. The number of imidazole rings is 2. The number of carbonyl (C=O) groups excluding carboxylic acids is 1. The van der Waals surface area contributed by atoms with Crippen LogP contribution in [0.4, 0.5) is 0 Å². The summed E-state index contributed by atoms with van der Waals surface area (Å²) in [6.07, 6.45) is 3.77. The number of esters is 1. The summed E-state index contributed by atoms with van der Waals surface area (Å²) in [5.74, 6) is -2.78. The SMILES string of the molecule is CCOC(=O)C(OC[C@H]1O[C@@H](n2cnc3c(-n4ccnc4)nc(Cl)nc32)[C@@H]2OC(C)(C)O[C@@H]21)P(C)(=O)OCc1ccccc1. The molecule has 0 bridgehead atoms. The third-order valence-electron chi connectivity index (χ3n) is 7.19. The van der Waals surface area contributed by atoms with Gasteiger partial charge >= 0.3 is 5.97 Å². The van der Waals surface area contributed by atoms with E-state index in [4.69, 9.17) is 39.8 Å². The van der Waals surface area contributed by atoms with Crippen LogP contribution in [0.25, 0.3) is 17.0 Å². The summed E-state index contributed by atoms with van der Waals surface area (Å²) in [5.41, 5.74) is 1.67. The molecular formula is C28H32ClN6O8P. The van der Waals surface area contributed by atoms with Crippen molar-refractivity contribution in [1.29, 1.82) is 0 Å². The average molecular weight is 647 g/mol. The van der Waals surface area contributed by atoms with Crippen LogP contribution in [0.2, 0.25) is 5.28 Å². The Morgan fingerprint density at radius 3 is 2.66 bits per heavy atom. The van der Waals surface area contributed by atoms with Gasteiger partial charge in [0.2, 0.25) is 18.5 Å². The molecule has 0 N–H and O–H groups in total. The molecule has 0 amide bonds. The maximum atomic E-state index is 13.7. The van der Waals surface area contributed by atoms with Crippen molar-refractivity contribution < 1.29 is 37.6 Å². The highest BCUT2D eigenvalue weighted by Crippen LogP contribution is 2.51. The lowest BCUT2D eigenvalue weighted by molar-refractivity contribution is -0.203. The summed E-state index contributed by atoms with van der Waals surface area (Å²) < 4.78 is 52.9. The lowest BCUT2D eigenvalue weighted by Crippen LogP contribution is -2.36. The number of rotatable bonds is 11. The summed E-state index contributed by atoms with van der Waals surface area (Å²) in [6.45, 7) is 6.54. The standard InChI is InChI=1S/C28H32ClN6O8P/c1-5-38-25(36)26(44(4,37)40-13-17-9-7-6-8-10-17)39-14-18-20-21(43-28(2,3)42-20)24(41-18)35-16-31-19-22(34-12-11-30-15-34)32-27(29)33-23(19)35/h6-12,15-16,18,20-21,24,26H,5,13-14H2,1-4H3/t18-,20-,21-,24-,26?,44?/m1/s1. The van der Waals surface area contributed by atoms with Crippen molar-refractivity contribution in [3.63, 3.8) is 0 Å². The third-order valence-corrected chi connectivity index (χ3v) is 9.21. The van der Waals surface area contributed by atoms with Gasteiger partial charge in [0.15, 0.2) is 29.0 Å². The van der Waals surface area contributed by atoms with Crippen molar-refractivity contribution in [2.24, 2.45) is 0 Å². The second-order valence-corrected chi connectivity index (χ2v) is 13.7. The first-order chi connectivity index (χ1) is 21.1. The zero-order chi connectivity index (χ0) is 31.1. The lowest BCUT2D eigenvalue weighted by atomic mass is 10.1. The van der Waals surface area contributed by atoms with Crippen LogP contribution in [0, 0.1) is 0 Å². The van der Waals surface area contributed by atoms with E-state index in [2.05, 4.69) is 19.9 Å². The molecule has 6 atom stereocenters. The Hall–Kier alpha value is -3.23. The van der Waals surface area contributed by atoms with Crippen molar-refractivity contribution in [1.82, 2.24) is 29.1 Å². The first kappa shape index (κ1) is 30.8. The summed E-state index contributed by atoms with van der Waals surface area (Å²) in [6, 6.07) is 9.22. The van der Waals surface area contributed by atoms with Crippen molar-refractivity contribution in [2.45, 2.75) is 63.6 Å². The van der Waals surface area contributed by atoms with Gasteiger partial charge < -0.3 is 28.2 Å². The van der Waals surface area contributed by atoms with Crippen molar-refractivity contribution in [3.05, 3.63) is 66.2 Å². The number of carbonyl (C=O) groups is 1. The van der Waals surface area contributed by atoms with Gasteiger partial charge in [-0.3, -0.25) is 13.7 Å². The minimum absolute atomic E-state index is 0.00720. The number of halogens is 1. The molecular weight excluding hydrogens is 615 g/mol. The Balaban J connectivity index is 1.25. The van der Waals surface area contributed by atoms with Gasteiger partial charge in [-0.2, -0.15) is 9.97 Å². The Bertz CT molecular complexity index is 1670. The van der Waals surface area contributed by atoms with E-state index < -0.39 is 49.5 Å². The molecule has 4 aromatic rings. The Kier molecular flexibility index (Phi) is 8.59. The Morgan fingerprint density at radius 2 is 1.93 bits per heavy atom. The summed E-state index contributed by atoms with van der Waals surface area (Å²) in [7, 11) is -3.67. The predicted molar refractivity (Wildman–Crippen MR) is 156 cm³/mol. The van der Waals surface area contributed by atoms with Gasteiger partial charge in [0, 0.05) is 19.1 Å². The van der Waals surface area contributed by atoms with Crippen LogP contribution in [0.1, 0.15) is 32.6 Å². The number of fused-ring (bicyclic) bond motifs is 2. The molecule has 2 aliphatic rings. The molecule has 1 aromatic carbocycles. The largest absolute Gasteiger partial charge is 0.464 e. The summed E-state index contributed by atoms with van der Waals surface area (Å²) in [5, 5.41) is 0.00720. The molecule has 2 unspecified atom stereocenters. The van der Waals surface area contributed by atoms with Crippen LogP contribution in [0.15, 0.2) is 55.4 Å². The maximum Gasteiger partial charge on any atom is 0.345 e. The quantitative estimate of drug-likeness (QED) is 0.131. The van der Waals surface area contributed by atoms with Crippen molar-refractivity contribution in [2.75, 3.05) is 19.9 Å². The van der Waals surface area contributed by atoms with E-state index in [1.54, 1.807) is 55.0 Å². The number of nitrogens with zero attached hydrogens (tertiary/aromatic N) is 6. The molecule has 16 heteroatoms. The molecule has 14 nitrogen and oxygen atoms in total. The fraction of sp³-hybridized carbons (Fsp3) is 0.464. The van der Waals surface area contributed by atoms with Crippen LogP contribution >= 0.6 is 19.0 Å². The lowest BCUT2D eigenvalue weighted by Gasteiger charge is -2.27. The van der Waals surface area contributed by atoms with E-state index in [-0.39, 0.29) is 25.1 Å². The van der Waals surface area contributed by atoms with Gasteiger partial charge in [-0.1, -0.05) is 30.3 Å². The maximum absolute atomic E-state index is 13.7. The Morgan fingerprint density at radius 1 is 1.16 bits per heavy atom. The molecule has 0 saturated carbocycles. The zero-order valence-electron chi connectivity index (χ0n) is 24.5. The van der Waals surface area contributed by atoms with Gasteiger partial charge in [-0.25, -0.2) is 14.8 Å². The number of hydrogen-bond acceptors (Lipinski definition) is 12. The fourth-order valence-corrected chi connectivity index (χ4v) is 6.80. The van der Waals surface area contributed by atoms with E-state index in [0.717, 1.165) is 5.56 Å². The molecule has 2 aliphatic heterocycles.